The molecule has 2 fully saturated rings. The van der Waals surface area contributed by atoms with Gasteiger partial charge in [0, 0.05) is 24.2 Å². The van der Waals surface area contributed by atoms with Gasteiger partial charge in [-0.2, -0.15) is 26.3 Å². The number of aliphatic hydroxyl groups excluding tert-OH is 1. The van der Waals surface area contributed by atoms with Crippen molar-refractivity contribution in [3.63, 3.8) is 0 Å². The predicted molar refractivity (Wildman–Crippen MR) is 125 cm³/mol. The number of aliphatic hydroxyl groups is 2. The third kappa shape index (κ3) is 4.89. The summed E-state index contributed by atoms with van der Waals surface area (Å²) in [6.07, 6.45) is -10.4. The van der Waals surface area contributed by atoms with Crippen LogP contribution in [0.4, 0.5) is 26.3 Å². The van der Waals surface area contributed by atoms with Crippen LogP contribution in [0.2, 0.25) is 0 Å². The van der Waals surface area contributed by atoms with Crippen molar-refractivity contribution in [2.24, 2.45) is 0 Å². The summed E-state index contributed by atoms with van der Waals surface area (Å²) >= 11 is 0.785. The molecule has 0 bridgehead atoms. The summed E-state index contributed by atoms with van der Waals surface area (Å²) in [5, 5.41) is 21.8. The van der Waals surface area contributed by atoms with Crippen LogP contribution in [0.5, 0.6) is 0 Å². The number of halogens is 6. The van der Waals surface area contributed by atoms with Gasteiger partial charge in [-0.25, -0.2) is 4.98 Å². The van der Waals surface area contributed by atoms with E-state index in [0.717, 1.165) is 30.2 Å². The van der Waals surface area contributed by atoms with Gasteiger partial charge in [-0.15, -0.1) is 11.3 Å². The van der Waals surface area contributed by atoms with Gasteiger partial charge in [0.05, 0.1) is 11.0 Å². The number of aromatic nitrogens is 1. The van der Waals surface area contributed by atoms with Gasteiger partial charge in [0.1, 0.15) is 5.69 Å². The first kappa shape index (κ1) is 28.3. The Bertz CT molecular complexity index is 1220. The van der Waals surface area contributed by atoms with Crippen molar-refractivity contribution >= 4 is 23.2 Å². The molecule has 0 spiro atoms. The van der Waals surface area contributed by atoms with Crippen molar-refractivity contribution < 1.29 is 46.1 Å². The minimum atomic E-state index is -6.04. The Hall–Kier alpha value is -2.71. The van der Waals surface area contributed by atoms with Crippen LogP contribution in [0.15, 0.2) is 18.2 Å². The van der Waals surface area contributed by atoms with Crippen LogP contribution in [-0.4, -0.2) is 69.0 Å². The van der Waals surface area contributed by atoms with Crippen LogP contribution in [0.25, 0.3) is 10.4 Å². The molecule has 2 aromatic rings. The van der Waals surface area contributed by atoms with Gasteiger partial charge < -0.3 is 20.4 Å². The van der Waals surface area contributed by atoms with E-state index in [0.29, 0.717) is 31.5 Å². The van der Waals surface area contributed by atoms with E-state index in [9.17, 15) is 46.1 Å². The molecule has 1 aromatic heterocycles. The molecule has 7 nitrogen and oxygen atoms in total. The molecule has 1 aliphatic heterocycles. The number of carbonyl (C=O) groups excluding carboxylic acids is 2. The Morgan fingerprint density at radius 3 is 2.26 bits per heavy atom. The maximum Gasteiger partial charge on any atom is 0.430 e. The molecule has 0 radical (unpaired) electrons. The number of nitrogens with one attached hydrogen (secondary N) is 1. The molecule has 3 N–H and O–H groups in total. The highest BCUT2D eigenvalue weighted by molar-refractivity contribution is 7.17. The number of alkyl halides is 6. The van der Waals surface area contributed by atoms with Crippen LogP contribution in [0.3, 0.4) is 0 Å². The van der Waals surface area contributed by atoms with E-state index in [1.807, 2.05) is 6.92 Å². The molecule has 38 heavy (non-hydrogen) atoms. The molecule has 1 aliphatic carbocycles. The number of aryl methyl sites for hydroxylation is 1. The van der Waals surface area contributed by atoms with Crippen molar-refractivity contribution in [3.05, 3.63) is 40.0 Å². The molecule has 1 saturated carbocycles. The molecule has 2 amide bonds. The molecule has 4 rings (SSSR count). The number of benzene rings is 1. The zero-order chi connectivity index (χ0) is 28.2. The Kier molecular flexibility index (Phi) is 7.29. The van der Waals surface area contributed by atoms with Crippen LogP contribution >= 0.6 is 11.3 Å². The average molecular weight is 566 g/mol. The summed E-state index contributed by atoms with van der Waals surface area (Å²) in [4.78, 5) is 32.1. The summed E-state index contributed by atoms with van der Waals surface area (Å²) in [5.74, 6) is -1.12. The SMILES string of the molecule is Cc1cc(C(O)(C(F)(F)F)C(F)(F)F)ccc1-c1sc(C(=O)NC2CC(O)C2)nc1C(=O)N1CCCC1C. The van der Waals surface area contributed by atoms with E-state index in [4.69, 9.17) is 0 Å². The molecule has 1 saturated heterocycles. The zero-order valence-electron chi connectivity index (χ0n) is 20.3. The van der Waals surface area contributed by atoms with E-state index in [1.54, 1.807) is 4.90 Å². The van der Waals surface area contributed by atoms with E-state index < -0.39 is 41.4 Å². The number of nitrogens with zero attached hydrogens (tertiary/aromatic N) is 2. The second-order valence-electron chi connectivity index (χ2n) is 9.72. The minimum absolute atomic E-state index is 0.0873. The second-order valence-corrected chi connectivity index (χ2v) is 10.7. The largest absolute Gasteiger partial charge is 0.430 e. The molecule has 2 heterocycles. The van der Waals surface area contributed by atoms with E-state index in [-0.39, 0.29) is 38.8 Å². The van der Waals surface area contributed by atoms with Crippen molar-refractivity contribution in [2.45, 2.75) is 75.7 Å². The molecular weight excluding hydrogens is 540 g/mol. The number of carbonyl (C=O) groups is 2. The van der Waals surface area contributed by atoms with E-state index in [2.05, 4.69) is 10.3 Å². The monoisotopic (exact) mass is 565 g/mol. The first-order chi connectivity index (χ1) is 17.5. The van der Waals surface area contributed by atoms with E-state index in [1.165, 1.54) is 6.92 Å². The third-order valence-corrected chi connectivity index (χ3v) is 8.08. The quantitative estimate of drug-likeness (QED) is 0.469. The third-order valence-electron chi connectivity index (χ3n) is 7.00. The van der Waals surface area contributed by atoms with Crippen molar-refractivity contribution in [1.82, 2.24) is 15.2 Å². The number of likely N-dealkylation sites (tertiary alicyclic amines) is 1. The molecular formula is C24H25F6N3O4S. The van der Waals surface area contributed by atoms with Crippen LogP contribution in [-0.2, 0) is 5.60 Å². The van der Waals surface area contributed by atoms with Crippen LogP contribution in [0.1, 0.15) is 64.0 Å². The van der Waals surface area contributed by atoms with Gasteiger partial charge in [0.25, 0.3) is 17.4 Å². The molecule has 208 valence electrons. The summed E-state index contributed by atoms with van der Waals surface area (Å²) in [6.45, 7) is 3.51. The topological polar surface area (TPSA) is 103 Å². The summed E-state index contributed by atoms with van der Waals surface area (Å²) in [5.41, 5.74) is -6.65. The van der Waals surface area contributed by atoms with Gasteiger partial charge in [0.15, 0.2) is 5.01 Å². The van der Waals surface area contributed by atoms with Crippen LogP contribution < -0.4 is 5.32 Å². The molecule has 1 atom stereocenters. The molecule has 1 aromatic carbocycles. The highest BCUT2D eigenvalue weighted by Crippen LogP contribution is 2.50. The van der Waals surface area contributed by atoms with Gasteiger partial charge in [-0.1, -0.05) is 18.2 Å². The number of hydrogen-bond donors (Lipinski definition) is 3. The van der Waals surface area contributed by atoms with Gasteiger partial charge in [0.2, 0.25) is 0 Å². The Morgan fingerprint density at radius 1 is 1.13 bits per heavy atom. The van der Waals surface area contributed by atoms with Crippen molar-refractivity contribution in [2.75, 3.05) is 6.54 Å². The fourth-order valence-electron chi connectivity index (χ4n) is 4.70. The molecule has 2 aliphatic rings. The Morgan fingerprint density at radius 2 is 1.76 bits per heavy atom. The second kappa shape index (κ2) is 9.79. The lowest BCUT2D eigenvalue weighted by Crippen LogP contribution is -2.53. The van der Waals surface area contributed by atoms with Gasteiger partial charge >= 0.3 is 12.4 Å². The highest BCUT2D eigenvalue weighted by atomic mass is 32.1. The van der Waals surface area contributed by atoms with Crippen LogP contribution in [0, 0.1) is 6.92 Å². The lowest BCUT2D eigenvalue weighted by atomic mass is 9.89. The number of amides is 2. The number of thiazole rings is 1. The summed E-state index contributed by atoms with van der Waals surface area (Å²) in [6, 6.07) is 1.62. The van der Waals surface area contributed by atoms with E-state index >= 15 is 0 Å². The maximum absolute atomic E-state index is 13.4. The normalized spacial score (nSPS) is 22.4. The van der Waals surface area contributed by atoms with Crippen molar-refractivity contribution in [1.29, 1.82) is 0 Å². The minimum Gasteiger partial charge on any atom is -0.393 e. The fourth-order valence-corrected chi connectivity index (χ4v) is 5.75. The lowest BCUT2D eigenvalue weighted by molar-refractivity contribution is -0.376. The predicted octanol–water partition coefficient (Wildman–Crippen LogP) is 4.31. The standard InChI is InChI=1S/C24H25F6N3O4S/c1-11-8-13(22(37,23(25,26)27)24(28,29)30)5-6-16(11)18-17(21(36)33-7-3-4-12(33)2)32-20(38-18)19(35)31-14-9-15(34)10-14/h5-6,8,12,14-15,34,37H,3-4,7,9-10H2,1-2H3,(H,31,35). The smallest absolute Gasteiger partial charge is 0.393 e. The number of hydrogen-bond acceptors (Lipinski definition) is 6. The lowest BCUT2D eigenvalue weighted by Gasteiger charge is -2.33. The Balaban J connectivity index is 1.77. The Labute approximate surface area is 217 Å². The van der Waals surface area contributed by atoms with Gasteiger partial charge in [-0.3, -0.25) is 9.59 Å². The zero-order valence-corrected chi connectivity index (χ0v) is 21.1. The summed E-state index contributed by atoms with van der Waals surface area (Å²) in [7, 11) is 0. The fraction of sp³-hybridized carbons (Fsp3) is 0.542. The van der Waals surface area contributed by atoms with Crippen molar-refractivity contribution in [3.8, 4) is 10.4 Å². The number of rotatable bonds is 5. The molecule has 14 heteroatoms. The maximum atomic E-state index is 13.4. The average Bonchev–Trinajstić information content (AvgIpc) is 3.42. The highest BCUT2D eigenvalue weighted by Gasteiger charge is 2.71. The first-order valence-electron chi connectivity index (χ1n) is 11.8. The summed E-state index contributed by atoms with van der Waals surface area (Å²) < 4.78 is 80.3. The molecule has 1 unspecified atom stereocenters. The van der Waals surface area contributed by atoms with Gasteiger partial charge in [-0.05, 0) is 50.7 Å². The first-order valence-corrected chi connectivity index (χ1v) is 12.6.